The highest BCUT2D eigenvalue weighted by Gasteiger charge is 2.09. The fourth-order valence-electron chi connectivity index (χ4n) is 1.42. The summed E-state index contributed by atoms with van der Waals surface area (Å²) in [6.45, 7) is 2.42. The van der Waals surface area contributed by atoms with Crippen molar-refractivity contribution >= 4 is 12.0 Å². The SMILES string of the molecule is CCNC(=O)/C=C/c1cc(OC)c(O)c(OC)c1. The van der Waals surface area contributed by atoms with E-state index in [1.807, 2.05) is 6.92 Å². The first-order chi connectivity index (χ1) is 8.62. The van der Waals surface area contributed by atoms with Crippen molar-refractivity contribution in [3.8, 4) is 17.2 Å². The second-order valence-corrected chi connectivity index (χ2v) is 3.50. The summed E-state index contributed by atoms with van der Waals surface area (Å²) in [4.78, 5) is 11.3. The van der Waals surface area contributed by atoms with E-state index in [9.17, 15) is 9.90 Å². The molecule has 0 unspecified atom stereocenters. The molecule has 0 aliphatic rings. The van der Waals surface area contributed by atoms with Crippen LogP contribution in [0.5, 0.6) is 17.2 Å². The standard InChI is InChI=1S/C13H17NO4/c1-4-14-12(15)6-5-9-7-10(17-2)13(16)11(8-9)18-3/h5-8,16H,4H2,1-3H3,(H,14,15)/b6-5+. The van der Waals surface area contributed by atoms with Crippen LogP contribution in [-0.4, -0.2) is 31.8 Å². The topological polar surface area (TPSA) is 67.8 Å². The monoisotopic (exact) mass is 251 g/mol. The summed E-state index contributed by atoms with van der Waals surface area (Å²) in [7, 11) is 2.90. The molecule has 98 valence electrons. The Balaban J connectivity index is 2.99. The molecule has 0 bridgehead atoms. The van der Waals surface area contributed by atoms with E-state index in [1.54, 1.807) is 18.2 Å². The molecule has 18 heavy (non-hydrogen) atoms. The molecular formula is C13H17NO4. The number of ether oxygens (including phenoxy) is 2. The van der Waals surface area contributed by atoms with Crippen LogP contribution >= 0.6 is 0 Å². The van der Waals surface area contributed by atoms with E-state index in [1.165, 1.54) is 20.3 Å². The number of benzene rings is 1. The number of rotatable bonds is 5. The molecular weight excluding hydrogens is 234 g/mol. The van der Waals surface area contributed by atoms with E-state index in [0.29, 0.717) is 23.6 Å². The highest BCUT2D eigenvalue weighted by molar-refractivity contribution is 5.91. The van der Waals surface area contributed by atoms with Crippen LogP contribution in [0, 0.1) is 0 Å². The van der Waals surface area contributed by atoms with Gasteiger partial charge in [0.2, 0.25) is 11.7 Å². The molecule has 1 rings (SSSR count). The molecule has 5 nitrogen and oxygen atoms in total. The van der Waals surface area contributed by atoms with Crippen molar-refractivity contribution in [1.82, 2.24) is 5.32 Å². The van der Waals surface area contributed by atoms with Crippen LogP contribution in [0.2, 0.25) is 0 Å². The third-order valence-corrected chi connectivity index (χ3v) is 2.28. The van der Waals surface area contributed by atoms with E-state index in [-0.39, 0.29) is 11.7 Å². The molecule has 0 aliphatic heterocycles. The van der Waals surface area contributed by atoms with E-state index in [2.05, 4.69) is 5.32 Å². The number of phenolic OH excluding ortho intramolecular Hbond substituents is 1. The Morgan fingerprint density at radius 2 is 1.89 bits per heavy atom. The molecule has 0 aromatic heterocycles. The van der Waals surface area contributed by atoms with Gasteiger partial charge >= 0.3 is 0 Å². The number of carbonyl (C=O) groups is 1. The maximum Gasteiger partial charge on any atom is 0.243 e. The lowest BCUT2D eigenvalue weighted by Gasteiger charge is -2.09. The number of phenols is 1. The maximum absolute atomic E-state index is 11.3. The molecule has 1 amide bonds. The highest BCUT2D eigenvalue weighted by Crippen LogP contribution is 2.37. The predicted octanol–water partition coefficient (Wildman–Crippen LogP) is 1.56. The quantitative estimate of drug-likeness (QED) is 0.779. The summed E-state index contributed by atoms with van der Waals surface area (Å²) < 4.78 is 10.0. The minimum atomic E-state index is -0.177. The molecule has 0 atom stereocenters. The summed E-state index contributed by atoms with van der Waals surface area (Å²) in [5.41, 5.74) is 0.702. The molecule has 1 aromatic rings. The smallest absolute Gasteiger partial charge is 0.243 e. The van der Waals surface area contributed by atoms with Gasteiger partial charge in [0.25, 0.3) is 0 Å². The number of aromatic hydroxyl groups is 1. The number of likely N-dealkylation sites (N-methyl/N-ethyl adjacent to an activating group) is 1. The molecule has 0 aliphatic carbocycles. The molecule has 0 saturated heterocycles. The van der Waals surface area contributed by atoms with Gasteiger partial charge < -0.3 is 19.9 Å². The average Bonchev–Trinajstić information content (AvgIpc) is 2.37. The Kier molecular flexibility index (Phi) is 5.05. The zero-order chi connectivity index (χ0) is 13.5. The van der Waals surface area contributed by atoms with Gasteiger partial charge in [0.1, 0.15) is 0 Å². The second-order valence-electron chi connectivity index (χ2n) is 3.50. The summed E-state index contributed by atoms with van der Waals surface area (Å²) >= 11 is 0. The lowest BCUT2D eigenvalue weighted by molar-refractivity contribution is -0.116. The summed E-state index contributed by atoms with van der Waals surface area (Å²) in [5, 5.41) is 12.4. The van der Waals surface area contributed by atoms with Crippen molar-refractivity contribution in [1.29, 1.82) is 0 Å². The van der Waals surface area contributed by atoms with Gasteiger partial charge in [-0.15, -0.1) is 0 Å². The number of nitrogens with one attached hydrogen (secondary N) is 1. The number of methoxy groups -OCH3 is 2. The van der Waals surface area contributed by atoms with Crippen LogP contribution in [-0.2, 0) is 4.79 Å². The number of carbonyl (C=O) groups excluding carboxylic acids is 1. The highest BCUT2D eigenvalue weighted by atomic mass is 16.5. The first-order valence-electron chi connectivity index (χ1n) is 5.53. The van der Waals surface area contributed by atoms with Crippen LogP contribution in [0.4, 0.5) is 0 Å². The normalized spacial score (nSPS) is 10.4. The van der Waals surface area contributed by atoms with Gasteiger partial charge in [0.05, 0.1) is 14.2 Å². The van der Waals surface area contributed by atoms with Gasteiger partial charge in [-0.3, -0.25) is 4.79 Å². The van der Waals surface area contributed by atoms with Crippen LogP contribution < -0.4 is 14.8 Å². The summed E-state index contributed by atoms with van der Waals surface area (Å²) in [6, 6.07) is 3.24. The van der Waals surface area contributed by atoms with Crippen LogP contribution in [0.3, 0.4) is 0 Å². The number of hydrogen-bond donors (Lipinski definition) is 2. The van der Waals surface area contributed by atoms with Crippen molar-refractivity contribution < 1.29 is 19.4 Å². The summed E-state index contributed by atoms with van der Waals surface area (Å²) in [6.07, 6.45) is 3.03. The van der Waals surface area contributed by atoms with E-state index in [0.717, 1.165) is 0 Å². The van der Waals surface area contributed by atoms with E-state index >= 15 is 0 Å². The van der Waals surface area contributed by atoms with E-state index < -0.39 is 0 Å². The van der Waals surface area contributed by atoms with Crippen molar-refractivity contribution in [2.24, 2.45) is 0 Å². The second kappa shape index (κ2) is 6.54. The lowest BCUT2D eigenvalue weighted by Crippen LogP contribution is -2.19. The van der Waals surface area contributed by atoms with Gasteiger partial charge in [0, 0.05) is 12.6 Å². The molecule has 1 aromatic carbocycles. The Bertz CT molecular complexity index is 429. The minimum Gasteiger partial charge on any atom is -0.502 e. The molecule has 0 radical (unpaired) electrons. The van der Waals surface area contributed by atoms with Crippen LogP contribution in [0.15, 0.2) is 18.2 Å². The van der Waals surface area contributed by atoms with Crippen molar-refractivity contribution in [3.05, 3.63) is 23.8 Å². The molecule has 0 saturated carbocycles. The van der Waals surface area contributed by atoms with Gasteiger partial charge in [0.15, 0.2) is 11.5 Å². The Labute approximate surface area is 106 Å². The van der Waals surface area contributed by atoms with Crippen molar-refractivity contribution in [2.75, 3.05) is 20.8 Å². The number of hydrogen-bond acceptors (Lipinski definition) is 4. The van der Waals surface area contributed by atoms with Gasteiger partial charge in [-0.25, -0.2) is 0 Å². The van der Waals surface area contributed by atoms with Crippen LogP contribution in [0.25, 0.3) is 6.08 Å². The van der Waals surface area contributed by atoms with Gasteiger partial charge in [-0.2, -0.15) is 0 Å². The third-order valence-electron chi connectivity index (χ3n) is 2.28. The van der Waals surface area contributed by atoms with Crippen molar-refractivity contribution in [2.45, 2.75) is 6.92 Å². The molecule has 2 N–H and O–H groups in total. The van der Waals surface area contributed by atoms with E-state index in [4.69, 9.17) is 9.47 Å². The average molecular weight is 251 g/mol. The molecule has 5 heteroatoms. The zero-order valence-electron chi connectivity index (χ0n) is 10.7. The third kappa shape index (κ3) is 3.41. The predicted molar refractivity (Wildman–Crippen MR) is 68.9 cm³/mol. The molecule has 0 fully saturated rings. The number of amides is 1. The minimum absolute atomic E-state index is 0.0600. The molecule has 0 spiro atoms. The first-order valence-corrected chi connectivity index (χ1v) is 5.53. The first kappa shape index (κ1) is 13.9. The van der Waals surface area contributed by atoms with Gasteiger partial charge in [-0.1, -0.05) is 0 Å². The van der Waals surface area contributed by atoms with Crippen LogP contribution in [0.1, 0.15) is 12.5 Å². The zero-order valence-corrected chi connectivity index (χ0v) is 10.7. The maximum atomic E-state index is 11.3. The Hall–Kier alpha value is -2.17. The Morgan fingerprint density at radius 1 is 1.33 bits per heavy atom. The fourth-order valence-corrected chi connectivity index (χ4v) is 1.42. The summed E-state index contributed by atoms with van der Waals surface area (Å²) in [5.74, 6) is 0.355. The van der Waals surface area contributed by atoms with Crippen molar-refractivity contribution in [3.63, 3.8) is 0 Å². The lowest BCUT2D eigenvalue weighted by atomic mass is 10.1. The largest absolute Gasteiger partial charge is 0.502 e. The fraction of sp³-hybridized carbons (Fsp3) is 0.308. The Morgan fingerprint density at radius 3 is 2.33 bits per heavy atom. The van der Waals surface area contributed by atoms with Gasteiger partial charge in [-0.05, 0) is 30.7 Å². The molecule has 0 heterocycles.